The van der Waals surface area contributed by atoms with Crippen LogP contribution in [0.3, 0.4) is 0 Å². The SMILES string of the molecule is Cc1ccc2[nH]c3c(c2c1)CC[NH2+][C@@]31C(=O)Nc2ccc(Br)cc21. The molecule has 3 aromatic rings. The van der Waals surface area contributed by atoms with Gasteiger partial charge in [0.05, 0.1) is 23.5 Å². The van der Waals surface area contributed by atoms with Crippen molar-refractivity contribution in [2.24, 2.45) is 0 Å². The number of nitrogens with one attached hydrogen (secondary N) is 2. The molecule has 3 heterocycles. The Bertz CT molecular complexity index is 1020. The third-order valence-electron chi connectivity index (χ3n) is 5.31. The highest BCUT2D eigenvalue weighted by atomic mass is 79.9. The van der Waals surface area contributed by atoms with Crippen LogP contribution in [-0.2, 0) is 16.8 Å². The van der Waals surface area contributed by atoms with Gasteiger partial charge in [0.25, 0.3) is 5.91 Å². The highest BCUT2D eigenvalue weighted by Gasteiger charge is 2.56. The van der Waals surface area contributed by atoms with Crippen molar-refractivity contribution in [1.82, 2.24) is 4.98 Å². The quantitative estimate of drug-likeness (QED) is 0.549. The number of amides is 1. The number of fused-ring (bicyclic) bond motifs is 6. The van der Waals surface area contributed by atoms with Gasteiger partial charge in [-0.1, -0.05) is 27.6 Å². The van der Waals surface area contributed by atoms with Gasteiger partial charge in [-0.15, -0.1) is 0 Å². The van der Waals surface area contributed by atoms with E-state index in [4.69, 9.17) is 0 Å². The van der Waals surface area contributed by atoms with Crippen molar-refractivity contribution >= 4 is 38.4 Å². The molecule has 2 aliphatic rings. The zero-order valence-electron chi connectivity index (χ0n) is 13.2. The first-order chi connectivity index (χ1) is 11.6. The van der Waals surface area contributed by atoms with Gasteiger partial charge in [0.15, 0.2) is 0 Å². The summed E-state index contributed by atoms with van der Waals surface area (Å²) in [6.07, 6.45) is 0.969. The van der Waals surface area contributed by atoms with Crippen LogP contribution < -0.4 is 10.6 Å². The number of hydrogen-bond donors (Lipinski definition) is 3. The topological polar surface area (TPSA) is 61.5 Å². The van der Waals surface area contributed by atoms with E-state index in [0.717, 1.165) is 39.9 Å². The van der Waals surface area contributed by atoms with Crippen LogP contribution in [0.25, 0.3) is 10.9 Å². The van der Waals surface area contributed by atoms with Crippen molar-refractivity contribution in [2.45, 2.75) is 18.9 Å². The largest absolute Gasteiger partial charge is 0.352 e. The van der Waals surface area contributed by atoms with Gasteiger partial charge >= 0.3 is 0 Å². The summed E-state index contributed by atoms with van der Waals surface area (Å²) >= 11 is 3.56. The van der Waals surface area contributed by atoms with Crippen LogP contribution in [0.2, 0.25) is 0 Å². The number of quaternary nitrogens is 1. The molecule has 5 heteroatoms. The second kappa shape index (κ2) is 4.71. The van der Waals surface area contributed by atoms with E-state index in [1.807, 2.05) is 12.1 Å². The van der Waals surface area contributed by atoms with Crippen molar-refractivity contribution in [3.05, 3.63) is 63.3 Å². The maximum Gasteiger partial charge on any atom is 0.297 e. The minimum Gasteiger partial charge on any atom is -0.352 e. The summed E-state index contributed by atoms with van der Waals surface area (Å²) in [6.45, 7) is 3.01. The van der Waals surface area contributed by atoms with Crippen LogP contribution in [0.1, 0.15) is 22.4 Å². The van der Waals surface area contributed by atoms with E-state index < -0.39 is 5.54 Å². The fraction of sp³-hybridized carbons (Fsp3) is 0.211. The zero-order chi connectivity index (χ0) is 16.5. The first-order valence-corrected chi connectivity index (χ1v) is 8.96. The maximum absolute atomic E-state index is 13.0. The first kappa shape index (κ1) is 14.3. The Morgan fingerprint density at radius 2 is 2.08 bits per heavy atom. The van der Waals surface area contributed by atoms with Crippen molar-refractivity contribution in [1.29, 1.82) is 0 Å². The van der Waals surface area contributed by atoms with E-state index in [1.165, 1.54) is 16.5 Å². The number of hydrogen-bond acceptors (Lipinski definition) is 1. The van der Waals surface area contributed by atoms with E-state index in [1.54, 1.807) is 0 Å². The minimum atomic E-state index is -0.709. The molecule has 1 aromatic heterocycles. The molecule has 0 radical (unpaired) electrons. The van der Waals surface area contributed by atoms with Gasteiger partial charge in [-0.05, 0) is 42.8 Å². The molecule has 120 valence electrons. The molecule has 0 fully saturated rings. The van der Waals surface area contributed by atoms with Gasteiger partial charge in [-0.2, -0.15) is 0 Å². The molecule has 1 atom stereocenters. The number of rotatable bonds is 0. The second-order valence-corrected chi connectivity index (χ2v) is 7.64. The van der Waals surface area contributed by atoms with Gasteiger partial charge in [0.2, 0.25) is 5.54 Å². The molecule has 0 saturated heterocycles. The minimum absolute atomic E-state index is 0.0415. The van der Waals surface area contributed by atoms with Crippen molar-refractivity contribution in [2.75, 3.05) is 11.9 Å². The van der Waals surface area contributed by atoms with Gasteiger partial charge < -0.3 is 15.6 Å². The third-order valence-corrected chi connectivity index (χ3v) is 5.81. The molecule has 0 aliphatic carbocycles. The lowest BCUT2D eigenvalue weighted by Gasteiger charge is -2.29. The fourth-order valence-corrected chi connectivity index (χ4v) is 4.60. The molecule has 1 spiro atoms. The number of nitrogens with two attached hydrogens (primary N) is 1. The lowest BCUT2D eigenvalue weighted by atomic mass is 9.82. The summed E-state index contributed by atoms with van der Waals surface area (Å²) in [5.74, 6) is 0.0415. The number of carbonyl (C=O) groups excluding carboxylic acids is 1. The smallest absolute Gasteiger partial charge is 0.297 e. The number of aryl methyl sites for hydroxylation is 1. The van der Waals surface area contributed by atoms with E-state index in [0.29, 0.717) is 0 Å². The number of aromatic amines is 1. The average molecular weight is 383 g/mol. The Morgan fingerprint density at radius 3 is 2.96 bits per heavy atom. The van der Waals surface area contributed by atoms with Gasteiger partial charge in [0, 0.05) is 21.8 Å². The number of carbonyl (C=O) groups is 1. The Hall–Kier alpha value is -2.11. The van der Waals surface area contributed by atoms with Gasteiger partial charge in [-0.3, -0.25) is 4.79 Å². The molecule has 4 nitrogen and oxygen atoms in total. The molecule has 1 amide bonds. The Morgan fingerprint density at radius 1 is 1.21 bits per heavy atom. The molecule has 0 unspecified atom stereocenters. The van der Waals surface area contributed by atoms with E-state index in [2.05, 4.69) is 62.7 Å². The van der Waals surface area contributed by atoms with Crippen LogP contribution in [0.15, 0.2) is 40.9 Å². The number of halogens is 1. The molecular formula is C19H17BrN3O+. The Labute approximate surface area is 147 Å². The first-order valence-electron chi connectivity index (χ1n) is 8.17. The summed E-state index contributed by atoms with van der Waals surface area (Å²) in [5.41, 5.74) is 5.89. The van der Waals surface area contributed by atoms with Gasteiger partial charge in [-0.25, -0.2) is 0 Å². The molecule has 2 aromatic carbocycles. The molecule has 0 bridgehead atoms. The third kappa shape index (κ3) is 1.69. The molecule has 5 rings (SSSR count). The monoisotopic (exact) mass is 382 g/mol. The lowest BCUT2D eigenvalue weighted by molar-refractivity contribution is -0.713. The Kier molecular flexibility index (Phi) is 2.80. The zero-order valence-corrected chi connectivity index (χ0v) is 14.8. The van der Waals surface area contributed by atoms with E-state index in [9.17, 15) is 4.79 Å². The number of anilines is 1. The highest BCUT2D eigenvalue weighted by molar-refractivity contribution is 9.10. The fourth-order valence-electron chi connectivity index (χ4n) is 4.24. The molecule has 0 saturated carbocycles. The van der Waals surface area contributed by atoms with Crippen LogP contribution in [0.4, 0.5) is 5.69 Å². The number of H-pyrrole nitrogens is 1. The van der Waals surface area contributed by atoms with Crippen molar-refractivity contribution in [3.63, 3.8) is 0 Å². The van der Waals surface area contributed by atoms with Crippen LogP contribution in [0.5, 0.6) is 0 Å². The molecule has 2 aliphatic heterocycles. The van der Waals surface area contributed by atoms with Crippen molar-refractivity contribution < 1.29 is 10.1 Å². The van der Waals surface area contributed by atoms with Crippen LogP contribution in [0, 0.1) is 6.92 Å². The molecule has 4 N–H and O–H groups in total. The highest BCUT2D eigenvalue weighted by Crippen LogP contribution is 2.43. The van der Waals surface area contributed by atoms with Crippen LogP contribution >= 0.6 is 15.9 Å². The standard InChI is InChI=1S/C19H16BrN3O/c1-10-2-4-15-13(8-10)12-6-7-21-19(17(12)22-15)14-9-11(20)3-5-16(14)23-18(19)24/h2-5,8-9,21-22H,6-7H2,1H3,(H,23,24)/p+1/t19-/m1/s1. The normalized spacial score (nSPS) is 21.8. The summed E-state index contributed by atoms with van der Waals surface area (Å²) < 4.78 is 0.990. The van der Waals surface area contributed by atoms with E-state index >= 15 is 0 Å². The summed E-state index contributed by atoms with van der Waals surface area (Å²) in [6, 6.07) is 12.5. The second-order valence-electron chi connectivity index (χ2n) is 6.72. The summed E-state index contributed by atoms with van der Waals surface area (Å²) in [7, 11) is 0. The summed E-state index contributed by atoms with van der Waals surface area (Å²) in [5, 5.41) is 6.49. The van der Waals surface area contributed by atoms with Gasteiger partial charge in [0.1, 0.15) is 0 Å². The predicted molar refractivity (Wildman–Crippen MR) is 97.1 cm³/mol. The number of benzene rings is 2. The summed E-state index contributed by atoms with van der Waals surface area (Å²) in [4.78, 5) is 16.6. The number of aromatic nitrogens is 1. The molecular weight excluding hydrogens is 366 g/mol. The Balaban J connectivity index is 1.86. The van der Waals surface area contributed by atoms with Crippen LogP contribution in [-0.4, -0.2) is 17.4 Å². The molecule has 24 heavy (non-hydrogen) atoms. The predicted octanol–water partition coefficient (Wildman–Crippen LogP) is 2.55. The maximum atomic E-state index is 13.0. The lowest BCUT2D eigenvalue weighted by Crippen LogP contribution is -2.98. The van der Waals surface area contributed by atoms with Crippen molar-refractivity contribution in [3.8, 4) is 0 Å². The average Bonchev–Trinajstić information content (AvgIpc) is 3.06. The van der Waals surface area contributed by atoms with E-state index in [-0.39, 0.29) is 5.91 Å².